The van der Waals surface area contributed by atoms with Crippen molar-refractivity contribution in [3.05, 3.63) is 65.2 Å². The highest BCUT2D eigenvalue weighted by atomic mass is 127. The molecule has 1 amide bonds. The number of nitrogens with zero attached hydrogens (tertiary/aromatic N) is 1. The first kappa shape index (κ1) is 24.7. The topological polar surface area (TPSA) is 74.8 Å². The van der Waals surface area contributed by atoms with Crippen LogP contribution in [-0.4, -0.2) is 39.1 Å². The summed E-state index contributed by atoms with van der Waals surface area (Å²) in [6, 6.07) is 15.6. The predicted molar refractivity (Wildman–Crippen MR) is 129 cm³/mol. The van der Waals surface area contributed by atoms with Gasteiger partial charge in [-0.25, -0.2) is 0 Å². The van der Waals surface area contributed by atoms with Gasteiger partial charge in [0, 0.05) is 32.2 Å². The monoisotopic (exact) mass is 510 g/mol. The Balaban J connectivity index is 0.00000420. The second-order valence-electron chi connectivity index (χ2n) is 6.37. The maximum absolute atomic E-state index is 12.1. The van der Waals surface area contributed by atoms with Crippen LogP contribution in [-0.2, 0) is 13.0 Å². The Morgan fingerprint density at radius 3 is 2.55 bits per heavy atom. The van der Waals surface area contributed by atoms with E-state index >= 15 is 0 Å². The summed E-state index contributed by atoms with van der Waals surface area (Å²) in [6.07, 6.45) is 1.75. The van der Waals surface area contributed by atoms with E-state index in [9.17, 15) is 4.79 Å². The van der Waals surface area contributed by atoms with Gasteiger partial charge in [-0.15, -0.1) is 24.0 Å². The SMILES string of the molecule is CCCNC(=O)c1cccc(CNC(=NC)NCCc2ccccc2OC)c1.I. The van der Waals surface area contributed by atoms with E-state index in [1.54, 1.807) is 14.2 Å². The molecule has 6 nitrogen and oxygen atoms in total. The predicted octanol–water partition coefficient (Wildman–Crippen LogP) is 3.36. The second-order valence-corrected chi connectivity index (χ2v) is 6.37. The van der Waals surface area contributed by atoms with Gasteiger partial charge in [0.15, 0.2) is 5.96 Å². The quantitative estimate of drug-likeness (QED) is 0.275. The minimum atomic E-state index is -0.0389. The lowest BCUT2D eigenvalue weighted by Crippen LogP contribution is -2.37. The van der Waals surface area contributed by atoms with E-state index in [0.29, 0.717) is 18.7 Å². The molecule has 0 radical (unpaired) electrons. The Morgan fingerprint density at radius 1 is 1.03 bits per heavy atom. The van der Waals surface area contributed by atoms with E-state index < -0.39 is 0 Å². The fourth-order valence-corrected chi connectivity index (χ4v) is 2.79. The summed E-state index contributed by atoms with van der Waals surface area (Å²) >= 11 is 0. The molecule has 0 bridgehead atoms. The van der Waals surface area contributed by atoms with Crippen molar-refractivity contribution >= 4 is 35.8 Å². The molecule has 158 valence electrons. The Hall–Kier alpha value is -2.29. The molecular formula is C22H31IN4O2. The van der Waals surface area contributed by atoms with Crippen molar-refractivity contribution in [3.63, 3.8) is 0 Å². The smallest absolute Gasteiger partial charge is 0.251 e. The van der Waals surface area contributed by atoms with Crippen LogP contribution in [0, 0.1) is 0 Å². The van der Waals surface area contributed by atoms with Gasteiger partial charge in [0.25, 0.3) is 5.91 Å². The van der Waals surface area contributed by atoms with Crippen LogP contribution in [0.4, 0.5) is 0 Å². The number of ether oxygens (including phenoxy) is 1. The molecule has 0 spiro atoms. The summed E-state index contributed by atoms with van der Waals surface area (Å²) in [4.78, 5) is 16.4. The van der Waals surface area contributed by atoms with Crippen molar-refractivity contribution in [1.29, 1.82) is 0 Å². The summed E-state index contributed by atoms with van der Waals surface area (Å²) in [5, 5.41) is 9.49. The molecule has 0 aliphatic carbocycles. The van der Waals surface area contributed by atoms with E-state index in [1.165, 1.54) is 0 Å². The van der Waals surface area contributed by atoms with E-state index in [2.05, 4.69) is 27.0 Å². The van der Waals surface area contributed by atoms with E-state index in [-0.39, 0.29) is 29.9 Å². The highest BCUT2D eigenvalue weighted by Crippen LogP contribution is 2.17. The number of nitrogens with one attached hydrogen (secondary N) is 3. The number of hydrogen-bond donors (Lipinski definition) is 3. The number of amides is 1. The van der Waals surface area contributed by atoms with Crippen molar-refractivity contribution in [2.24, 2.45) is 4.99 Å². The molecule has 3 N–H and O–H groups in total. The zero-order chi connectivity index (χ0) is 20.2. The van der Waals surface area contributed by atoms with E-state index in [4.69, 9.17) is 4.74 Å². The number of para-hydroxylation sites is 1. The van der Waals surface area contributed by atoms with Crippen molar-refractivity contribution in [2.75, 3.05) is 27.2 Å². The summed E-state index contributed by atoms with van der Waals surface area (Å²) in [6.45, 7) is 4.04. The molecular weight excluding hydrogens is 479 g/mol. The molecule has 0 atom stereocenters. The first-order chi connectivity index (χ1) is 13.7. The van der Waals surface area contributed by atoms with Gasteiger partial charge < -0.3 is 20.7 Å². The molecule has 0 saturated heterocycles. The van der Waals surface area contributed by atoms with Crippen LogP contribution in [0.2, 0.25) is 0 Å². The van der Waals surface area contributed by atoms with Gasteiger partial charge >= 0.3 is 0 Å². The molecule has 0 aromatic heterocycles. The lowest BCUT2D eigenvalue weighted by atomic mass is 10.1. The van der Waals surface area contributed by atoms with Crippen LogP contribution in [0.1, 0.15) is 34.8 Å². The Bertz CT molecular complexity index is 796. The molecule has 0 fully saturated rings. The number of carbonyl (C=O) groups is 1. The normalized spacial score (nSPS) is 10.7. The second kappa shape index (κ2) is 13.8. The number of halogens is 1. The zero-order valence-corrected chi connectivity index (χ0v) is 19.7. The largest absolute Gasteiger partial charge is 0.496 e. The molecule has 29 heavy (non-hydrogen) atoms. The number of benzene rings is 2. The number of rotatable bonds is 9. The molecule has 2 aromatic rings. The van der Waals surface area contributed by atoms with Crippen LogP contribution in [0.25, 0.3) is 0 Å². The molecule has 0 aliphatic rings. The fraction of sp³-hybridized carbons (Fsp3) is 0.364. The average Bonchev–Trinajstić information content (AvgIpc) is 2.74. The number of carbonyl (C=O) groups excluding carboxylic acids is 1. The maximum atomic E-state index is 12.1. The minimum absolute atomic E-state index is 0. The van der Waals surface area contributed by atoms with E-state index in [1.807, 2.05) is 49.4 Å². The highest BCUT2D eigenvalue weighted by molar-refractivity contribution is 14.0. The highest BCUT2D eigenvalue weighted by Gasteiger charge is 2.06. The standard InChI is InChI=1S/C22H30N4O2.HI/c1-4-13-24-21(27)19-10-7-8-17(15-19)16-26-22(23-2)25-14-12-18-9-5-6-11-20(18)28-3;/h5-11,15H,4,12-14,16H2,1-3H3,(H,24,27)(H2,23,25,26);1H. The Kier molecular flexibility index (Phi) is 11.8. The van der Waals surface area contributed by atoms with Crippen LogP contribution in [0.3, 0.4) is 0 Å². The van der Waals surface area contributed by atoms with Crippen LogP contribution >= 0.6 is 24.0 Å². The molecule has 2 rings (SSSR count). The van der Waals surface area contributed by atoms with Gasteiger partial charge in [-0.3, -0.25) is 9.79 Å². The molecule has 0 unspecified atom stereocenters. The van der Waals surface area contributed by atoms with Crippen LogP contribution in [0.5, 0.6) is 5.75 Å². The van der Waals surface area contributed by atoms with Crippen molar-refractivity contribution < 1.29 is 9.53 Å². The van der Waals surface area contributed by atoms with Gasteiger partial charge in [0.2, 0.25) is 0 Å². The van der Waals surface area contributed by atoms with Crippen molar-refractivity contribution in [2.45, 2.75) is 26.3 Å². The van der Waals surface area contributed by atoms with Gasteiger partial charge in [-0.1, -0.05) is 37.3 Å². The summed E-state index contributed by atoms with van der Waals surface area (Å²) in [5.74, 6) is 1.57. The summed E-state index contributed by atoms with van der Waals surface area (Å²) < 4.78 is 5.38. The third-order valence-corrected chi connectivity index (χ3v) is 4.29. The van der Waals surface area contributed by atoms with Crippen molar-refractivity contribution in [1.82, 2.24) is 16.0 Å². The van der Waals surface area contributed by atoms with Crippen LogP contribution < -0.4 is 20.7 Å². The van der Waals surface area contributed by atoms with Crippen molar-refractivity contribution in [3.8, 4) is 5.75 Å². The molecule has 2 aromatic carbocycles. The Morgan fingerprint density at radius 2 is 1.83 bits per heavy atom. The van der Waals surface area contributed by atoms with E-state index in [0.717, 1.165) is 42.2 Å². The molecule has 0 aliphatic heterocycles. The van der Waals surface area contributed by atoms with Gasteiger partial charge in [0.1, 0.15) is 5.75 Å². The molecule has 0 heterocycles. The minimum Gasteiger partial charge on any atom is -0.496 e. The maximum Gasteiger partial charge on any atom is 0.251 e. The third-order valence-electron chi connectivity index (χ3n) is 4.29. The lowest BCUT2D eigenvalue weighted by molar-refractivity contribution is 0.0953. The van der Waals surface area contributed by atoms with Gasteiger partial charge in [0.05, 0.1) is 7.11 Å². The molecule has 0 saturated carbocycles. The zero-order valence-electron chi connectivity index (χ0n) is 17.3. The summed E-state index contributed by atoms with van der Waals surface area (Å²) in [7, 11) is 3.43. The first-order valence-electron chi connectivity index (χ1n) is 9.61. The number of guanidine groups is 1. The number of hydrogen-bond acceptors (Lipinski definition) is 3. The number of methoxy groups -OCH3 is 1. The van der Waals surface area contributed by atoms with Gasteiger partial charge in [-0.05, 0) is 42.2 Å². The molecule has 7 heteroatoms. The summed E-state index contributed by atoms with van der Waals surface area (Å²) in [5.41, 5.74) is 2.85. The average molecular weight is 510 g/mol. The third kappa shape index (κ3) is 8.31. The first-order valence-corrected chi connectivity index (χ1v) is 9.61. The fourth-order valence-electron chi connectivity index (χ4n) is 2.79. The Labute approximate surface area is 190 Å². The van der Waals surface area contributed by atoms with Crippen LogP contribution in [0.15, 0.2) is 53.5 Å². The van der Waals surface area contributed by atoms with Gasteiger partial charge in [-0.2, -0.15) is 0 Å². The number of aliphatic imine (C=N–C) groups is 1. The lowest BCUT2D eigenvalue weighted by Gasteiger charge is -2.13.